The van der Waals surface area contributed by atoms with Crippen LogP contribution in [-0.4, -0.2) is 38.7 Å². The second-order valence-corrected chi connectivity index (χ2v) is 5.17. The lowest BCUT2D eigenvalue weighted by molar-refractivity contribution is 0.0478. The zero-order valence-electron chi connectivity index (χ0n) is 11.1. The van der Waals surface area contributed by atoms with Crippen molar-refractivity contribution in [2.75, 3.05) is 26.9 Å². The number of nitrogens with one attached hydrogen (secondary N) is 1. The summed E-state index contributed by atoms with van der Waals surface area (Å²) in [7, 11) is 1.63. The Labute approximate surface area is 113 Å². The Morgan fingerprint density at radius 2 is 2.32 bits per heavy atom. The molecule has 0 saturated carbocycles. The summed E-state index contributed by atoms with van der Waals surface area (Å²) < 4.78 is 10.7. The van der Waals surface area contributed by atoms with Crippen molar-refractivity contribution in [3.05, 3.63) is 29.3 Å². The molecule has 0 spiro atoms. The summed E-state index contributed by atoms with van der Waals surface area (Å²) in [6, 6.07) is 5.95. The minimum atomic E-state index is 0.0277. The van der Waals surface area contributed by atoms with Crippen molar-refractivity contribution in [3.8, 4) is 5.75 Å². The van der Waals surface area contributed by atoms with Gasteiger partial charge >= 0.3 is 0 Å². The van der Waals surface area contributed by atoms with E-state index in [1.54, 1.807) is 7.11 Å². The zero-order valence-corrected chi connectivity index (χ0v) is 11.1. The minimum Gasteiger partial charge on any atom is -0.497 e. The van der Waals surface area contributed by atoms with Gasteiger partial charge in [0.25, 0.3) is 0 Å². The van der Waals surface area contributed by atoms with Gasteiger partial charge in [0.15, 0.2) is 5.78 Å². The van der Waals surface area contributed by atoms with Crippen LogP contribution in [0.2, 0.25) is 0 Å². The van der Waals surface area contributed by atoms with Gasteiger partial charge in [0.1, 0.15) is 5.75 Å². The molecular weight excluding hydrogens is 242 g/mol. The van der Waals surface area contributed by atoms with Crippen LogP contribution in [0.15, 0.2) is 18.2 Å². The summed E-state index contributed by atoms with van der Waals surface area (Å²) in [4.78, 5) is 12.6. The highest BCUT2D eigenvalue weighted by molar-refractivity contribution is 6.01. The van der Waals surface area contributed by atoms with Crippen LogP contribution >= 0.6 is 0 Å². The summed E-state index contributed by atoms with van der Waals surface area (Å²) in [5, 5.41) is 3.40. The number of fused-ring (bicyclic) bond motifs is 1. The van der Waals surface area contributed by atoms with Crippen LogP contribution in [0.3, 0.4) is 0 Å². The standard InChI is InChI=1S/C15H19NO3/c1-18-11-4-2-10-3-5-12(15(17)13(10)8-11)14-9-19-7-6-16-14/h2,4,8,12,14,16H,3,5-7,9H2,1H3. The third-order valence-corrected chi connectivity index (χ3v) is 4.08. The van der Waals surface area contributed by atoms with E-state index >= 15 is 0 Å². The molecule has 1 saturated heterocycles. The molecule has 0 radical (unpaired) electrons. The van der Waals surface area contributed by atoms with Crippen LogP contribution in [0.1, 0.15) is 22.3 Å². The van der Waals surface area contributed by atoms with E-state index < -0.39 is 0 Å². The van der Waals surface area contributed by atoms with E-state index in [-0.39, 0.29) is 17.7 Å². The number of benzene rings is 1. The number of ketones is 1. The number of rotatable bonds is 2. The minimum absolute atomic E-state index is 0.0277. The molecule has 19 heavy (non-hydrogen) atoms. The summed E-state index contributed by atoms with van der Waals surface area (Å²) in [6.07, 6.45) is 1.85. The van der Waals surface area contributed by atoms with E-state index in [1.165, 1.54) is 0 Å². The molecule has 1 aliphatic carbocycles. The second kappa shape index (κ2) is 5.31. The lowest BCUT2D eigenvalue weighted by Gasteiger charge is -2.33. The molecule has 2 unspecified atom stereocenters. The highest BCUT2D eigenvalue weighted by atomic mass is 16.5. The first kappa shape index (κ1) is 12.6. The summed E-state index contributed by atoms with van der Waals surface area (Å²) in [5.74, 6) is 1.00. The first-order valence-electron chi connectivity index (χ1n) is 6.82. The first-order chi connectivity index (χ1) is 9.29. The van der Waals surface area contributed by atoms with Crippen molar-refractivity contribution in [1.82, 2.24) is 5.32 Å². The molecule has 3 rings (SSSR count). The average molecular weight is 261 g/mol. The van der Waals surface area contributed by atoms with Gasteiger partial charge in [-0.3, -0.25) is 4.79 Å². The maximum absolute atomic E-state index is 12.6. The van der Waals surface area contributed by atoms with Gasteiger partial charge < -0.3 is 14.8 Å². The molecule has 4 heteroatoms. The second-order valence-electron chi connectivity index (χ2n) is 5.17. The summed E-state index contributed by atoms with van der Waals surface area (Å²) >= 11 is 0. The maximum atomic E-state index is 12.6. The predicted octanol–water partition coefficient (Wildman–Crippen LogP) is 1.43. The molecule has 102 valence electrons. The molecule has 0 aromatic heterocycles. The fourth-order valence-electron chi connectivity index (χ4n) is 3.00. The number of carbonyl (C=O) groups excluding carboxylic acids is 1. The quantitative estimate of drug-likeness (QED) is 0.875. The lowest BCUT2D eigenvalue weighted by Crippen LogP contribution is -2.49. The number of carbonyl (C=O) groups is 1. The molecule has 4 nitrogen and oxygen atoms in total. The number of hydrogen-bond acceptors (Lipinski definition) is 4. The lowest BCUT2D eigenvalue weighted by atomic mass is 9.79. The molecule has 2 atom stereocenters. The molecule has 1 aromatic rings. The Bertz CT molecular complexity index is 480. The van der Waals surface area contributed by atoms with Crippen molar-refractivity contribution >= 4 is 5.78 Å². The molecule has 1 N–H and O–H groups in total. The fraction of sp³-hybridized carbons (Fsp3) is 0.533. The van der Waals surface area contributed by atoms with Crippen molar-refractivity contribution < 1.29 is 14.3 Å². The van der Waals surface area contributed by atoms with Crippen LogP contribution < -0.4 is 10.1 Å². The first-order valence-corrected chi connectivity index (χ1v) is 6.82. The Kier molecular flexibility index (Phi) is 3.53. The largest absolute Gasteiger partial charge is 0.497 e. The van der Waals surface area contributed by atoms with Gasteiger partial charge in [-0.15, -0.1) is 0 Å². The van der Waals surface area contributed by atoms with Crippen molar-refractivity contribution in [1.29, 1.82) is 0 Å². The number of aryl methyl sites for hydroxylation is 1. The van der Waals surface area contributed by atoms with Crippen molar-refractivity contribution in [2.45, 2.75) is 18.9 Å². The van der Waals surface area contributed by atoms with Crippen LogP contribution in [0.5, 0.6) is 5.75 Å². The Morgan fingerprint density at radius 3 is 3.05 bits per heavy atom. The highest BCUT2D eigenvalue weighted by Gasteiger charge is 2.34. The third-order valence-electron chi connectivity index (χ3n) is 4.08. The normalized spacial score (nSPS) is 26.9. The number of methoxy groups -OCH3 is 1. The van der Waals surface area contributed by atoms with Gasteiger partial charge in [0, 0.05) is 24.1 Å². The van der Waals surface area contributed by atoms with Gasteiger partial charge in [0.05, 0.1) is 20.3 Å². The third kappa shape index (κ3) is 2.38. The Morgan fingerprint density at radius 1 is 1.42 bits per heavy atom. The molecule has 1 fully saturated rings. The number of ether oxygens (including phenoxy) is 2. The van der Waals surface area contributed by atoms with Crippen molar-refractivity contribution in [3.63, 3.8) is 0 Å². The van der Waals surface area contributed by atoms with Gasteiger partial charge in [-0.2, -0.15) is 0 Å². The van der Waals surface area contributed by atoms with Crippen LogP contribution in [-0.2, 0) is 11.2 Å². The Hall–Kier alpha value is -1.39. The van der Waals surface area contributed by atoms with E-state index in [0.29, 0.717) is 6.61 Å². The molecular formula is C15H19NO3. The van der Waals surface area contributed by atoms with Crippen molar-refractivity contribution in [2.24, 2.45) is 5.92 Å². The maximum Gasteiger partial charge on any atom is 0.168 e. The fourth-order valence-corrected chi connectivity index (χ4v) is 3.00. The number of Topliss-reactive ketones (excluding diaryl/α,β-unsaturated/α-hetero) is 1. The van der Waals surface area contributed by atoms with E-state index in [9.17, 15) is 4.79 Å². The van der Waals surface area contributed by atoms with Crippen LogP contribution in [0.25, 0.3) is 0 Å². The highest BCUT2D eigenvalue weighted by Crippen LogP contribution is 2.30. The number of morpholine rings is 1. The van der Waals surface area contributed by atoms with E-state index in [1.807, 2.05) is 18.2 Å². The van der Waals surface area contributed by atoms with E-state index in [2.05, 4.69) is 5.32 Å². The molecule has 2 aliphatic rings. The average Bonchev–Trinajstić information content (AvgIpc) is 2.48. The molecule has 0 bridgehead atoms. The summed E-state index contributed by atoms with van der Waals surface area (Å²) in [5.41, 5.74) is 1.96. The summed E-state index contributed by atoms with van der Waals surface area (Å²) in [6.45, 7) is 2.21. The topological polar surface area (TPSA) is 47.6 Å². The SMILES string of the molecule is COc1ccc2c(c1)C(=O)C(C1COCCN1)CC2. The monoisotopic (exact) mass is 261 g/mol. The van der Waals surface area contributed by atoms with Gasteiger partial charge in [-0.05, 0) is 30.5 Å². The van der Waals surface area contributed by atoms with E-state index in [4.69, 9.17) is 9.47 Å². The Balaban J connectivity index is 1.85. The molecule has 1 heterocycles. The van der Waals surface area contributed by atoms with E-state index in [0.717, 1.165) is 42.9 Å². The molecule has 1 aliphatic heterocycles. The molecule has 0 amide bonds. The van der Waals surface area contributed by atoms with Gasteiger partial charge in [-0.25, -0.2) is 0 Å². The number of hydrogen-bond donors (Lipinski definition) is 1. The van der Waals surface area contributed by atoms with Crippen LogP contribution in [0.4, 0.5) is 0 Å². The molecule has 1 aromatic carbocycles. The van der Waals surface area contributed by atoms with Gasteiger partial charge in [0.2, 0.25) is 0 Å². The van der Waals surface area contributed by atoms with Crippen LogP contribution in [0, 0.1) is 5.92 Å². The predicted molar refractivity (Wildman–Crippen MR) is 71.7 cm³/mol. The van der Waals surface area contributed by atoms with Gasteiger partial charge in [-0.1, -0.05) is 6.07 Å². The zero-order chi connectivity index (χ0) is 13.2. The smallest absolute Gasteiger partial charge is 0.168 e.